The largest absolute Gasteiger partial charge is 0.453 e. The summed E-state index contributed by atoms with van der Waals surface area (Å²) in [5.74, 6) is -0.853. The predicted octanol–water partition coefficient (Wildman–Crippen LogP) is 6.37. The maximum Gasteiger partial charge on any atom is 0.410 e. The summed E-state index contributed by atoms with van der Waals surface area (Å²) in [5, 5.41) is 0. The van der Waals surface area contributed by atoms with E-state index >= 15 is 4.39 Å². The fourth-order valence-electron chi connectivity index (χ4n) is 5.59. The summed E-state index contributed by atoms with van der Waals surface area (Å²) in [5.41, 5.74) is 3.79. The molecule has 1 heterocycles. The van der Waals surface area contributed by atoms with Crippen LogP contribution in [0.25, 0.3) is 11.1 Å². The van der Waals surface area contributed by atoms with Crippen molar-refractivity contribution < 1.29 is 23.5 Å². The Morgan fingerprint density at radius 2 is 1.41 bits per heavy atom. The topological polar surface area (TPSA) is 59.1 Å². The van der Waals surface area contributed by atoms with E-state index in [4.69, 9.17) is 9.47 Å². The normalized spacial score (nSPS) is 18.8. The Morgan fingerprint density at radius 1 is 0.865 bits per heavy atom. The smallest absolute Gasteiger partial charge is 0.410 e. The second kappa shape index (κ2) is 9.54. The number of hydrogen-bond acceptors (Lipinski definition) is 4. The van der Waals surface area contributed by atoms with Gasteiger partial charge >= 0.3 is 12.2 Å². The third-order valence-electron chi connectivity index (χ3n) is 7.07. The number of nitrogens with zero attached hydrogens (tertiary/aromatic N) is 2. The van der Waals surface area contributed by atoms with Crippen molar-refractivity contribution in [2.45, 2.75) is 44.4 Å². The summed E-state index contributed by atoms with van der Waals surface area (Å²) >= 11 is 0. The highest BCUT2D eigenvalue weighted by molar-refractivity contribution is 5.81. The van der Waals surface area contributed by atoms with Crippen molar-refractivity contribution in [2.24, 2.45) is 0 Å². The van der Waals surface area contributed by atoms with E-state index in [-0.39, 0.29) is 18.9 Å². The number of benzene rings is 3. The van der Waals surface area contributed by atoms with Crippen LogP contribution in [0.15, 0.2) is 72.8 Å². The highest BCUT2D eigenvalue weighted by atomic mass is 19.1. The molecule has 0 aromatic heterocycles. The average molecular weight is 503 g/mol. The predicted molar refractivity (Wildman–Crippen MR) is 139 cm³/mol. The van der Waals surface area contributed by atoms with Gasteiger partial charge in [0.15, 0.2) is 0 Å². The van der Waals surface area contributed by atoms with Crippen LogP contribution in [0.2, 0.25) is 0 Å². The number of halogens is 1. The molecule has 3 aromatic rings. The number of methoxy groups -OCH3 is 1. The molecule has 5 rings (SSSR count). The first-order valence-electron chi connectivity index (χ1n) is 12.5. The minimum absolute atomic E-state index is 0.184. The molecule has 37 heavy (non-hydrogen) atoms. The van der Waals surface area contributed by atoms with Crippen molar-refractivity contribution in [1.29, 1.82) is 0 Å². The van der Waals surface area contributed by atoms with Crippen LogP contribution >= 0.6 is 0 Å². The molecule has 1 aliphatic heterocycles. The zero-order valence-electron chi connectivity index (χ0n) is 21.5. The number of rotatable bonds is 3. The van der Waals surface area contributed by atoms with Gasteiger partial charge in [-0.05, 0) is 54.7 Å². The van der Waals surface area contributed by atoms with Gasteiger partial charge in [0.05, 0.1) is 19.2 Å². The molecule has 0 N–H and O–H groups in total. The van der Waals surface area contributed by atoms with Crippen molar-refractivity contribution in [3.63, 3.8) is 0 Å². The van der Waals surface area contributed by atoms with Crippen LogP contribution < -0.4 is 0 Å². The van der Waals surface area contributed by atoms with Crippen LogP contribution in [0.4, 0.5) is 14.0 Å². The number of ether oxygens (including phenoxy) is 2. The minimum atomic E-state index is -0.686. The molecule has 2 aliphatic rings. The van der Waals surface area contributed by atoms with E-state index in [2.05, 4.69) is 0 Å². The average Bonchev–Trinajstić information content (AvgIpc) is 3.44. The number of fused-ring (bicyclic) bond motifs is 3. The van der Waals surface area contributed by atoms with Gasteiger partial charge in [-0.3, -0.25) is 4.90 Å². The van der Waals surface area contributed by atoms with Crippen LogP contribution in [-0.4, -0.2) is 53.8 Å². The van der Waals surface area contributed by atoms with Crippen molar-refractivity contribution >= 4 is 12.2 Å². The summed E-state index contributed by atoms with van der Waals surface area (Å²) in [7, 11) is 1.35. The lowest BCUT2D eigenvalue weighted by Gasteiger charge is -2.37. The van der Waals surface area contributed by atoms with Crippen LogP contribution in [0.1, 0.15) is 49.4 Å². The van der Waals surface area contributed by atoms with Crippen molar-refractivity contribution in [3.05, 3.63) is 95.3 Å². The molecular weight excluding hydrogens is 471 g/mol. The Balaban J connectivity index is 1.63. The van der Waals surface area contributed by atoms with Crippen molar-refractivity contribution in [1.82, 2.24) is 9.80 Å². The van der Waals surface area contributed by atoms with Gasteiger partial charge in [-0.25, -0.2) is 14.0 Å². The number of hydrogen-bond donors (Lipinski definition) is 0. The molecule has 0 saturated carbocycles. The molecule has 0 bridgehead atoms. The number of likely N-dealkylation sites (tertiary alicyclic amines) is 1. The first-order chi connectivity index (χ1) is 17.7. The van der Waals surface area contributed by atoms with Gasteiger partial charge < -0.3 is 14.4 Å². The second-order valence-corrected chi connectivity index (χ2v) is 10.5. The quantitative estimate of drug-likeness (QED) is 0.418. The summed E-state index contributed by atoms with van der Waals surface area (Å²) in [6, 6.07) is 21.5. The van der Waals surface area contributed by atoms with Gasteiger partial charge in [-0.1, -0.05) is 66.7 Å². The molecule has 0 unspecified atom stereocenters. The number of amides is 2. The molecular formula is C30H31FN2O4. The molecule has 0 spiro atoms. The van der Waals surface area contributed by atoms with Crippen molar-refractivity contribution in [2.75, 3.05) is 20.2 Å². The summed E-state index contributed by atoms with van der Waals surface area (Å²) < 4.78 is 26.1. The fourth-order valence-corrected chi connectivity index (χ4v) is 5.59. The maximum absolute atomic E-state index is 15.1. The Morgan fingerprint density at radius 3 is 1.95 bits per heavy atom. The summed E-state index contributed by atoms with van der Waals surface area (Å²) in [6.45, 7) is 5.81. The van der Waals surface area contributed by atoms with Gasteiger partial charge in [0.25, 0.3) is 0 Å². The molecule has 3 aromatic carbocycles. The van der Waals surface area contributed by atoms with E-state index in [1.165, 1.54) is 13.2 Å². The molecule has 2 atom stereocenters. The lowest BCUT2D eigenvalue weighted by Crippen LogP contribution is -2.47. The Bertz CT molecular complexity index is 1290. The van der Waals surface area contributed by atoms with E-state index in [9.17, 15) is 9.59 Å². The zero-order chi connectivity index (χ0) is 26.3. The molecule has 7 heteroatoms. The second-order valence-electron chi connectivity index (χ2n) is 10.5. The van der Waals surface area contributed by atoms with Crippen molar-refractivity contribution in [3.8, 4) is 11.1 Å². The monoisotopic (exact) mass is 502 g/mol. The van der Waals surface area contributed by atoms with Gasteiger partial charge in [0, 0.05) is 19.0 Å². The molecule has 6 nitrogen and oxygen atoms in total. The zero-order valence-corrected chi connectivity index (χ0v) is 21.5. The Labute approximate surface area is 216 Å². The standard InChI is InChI=1S/C30H31FN2O4/c1-30(2,3)37-28(34)32-17-24(21-13-9-10-16-25(21)31)26(18-32)33(29(35)36-4)27-22-14-7-5-11-19(22)20-12-6-8-15-23(20)27/h5-16,24,26-27H,17-18H2,1-4H3/t24-,26+/m1/s1. The lowest BCUT2D eigenvalue weighted by molar-refractivity contribution is 0.0271. The molecule has 192 valence electrons. The van der Waals surface area contributed by atoms with E-state index in [0.717, 1.165) is 22.3 Å². The van der Waals surface area contributed by atoms with E-state index in [1.807, 2.05) is 48.5 Å². The van der Waals surface area contributed by atoms with E-state index < -0.39 is 35.8 Å². The molecule has 2 amide bonds. The third kappa shape index (κ3) is 4.54. The molecule has 1 saturated heterocycles. The molecule has 1 fully saturated rings. The highest BCUT2D eigenvalue weighted by Crippen LogP contribution is 2.49. The minimum Gasteiger partial charge on any atom is -0.453 e. The number of carbonyl (C=O) groups is 2. The van der Waals surface area contributed by atoms with E-state index in [1.54, 1.807) is 48.8 Å². The van der Waals surface area contributed by atoms with Crippen LogP contribution in [0, 0.1) is 5.82 Å². The van der Waals surface area contributed by atoms with Gasteiger partial charge in [0.2, 0.25) is 0 Å². The molecule has 0 radical (unpaired) electrons. The van der Waals surface area contributed by atoms with Gasteiger partial charge in [-0.2, -0.15) is 0 Å². The van der Waals surface area contributed by atoms with Crippen LogP contribution in [0.5, 0.6) is 0 Å². The fraction of sp³-hybridized carbons (Fsp3) is 0.333. The Kier molecular flexibility index (Phi) is 6.40. The number of carbonyl (C=O) groups excluding carboxylic acids is 2. The van der Waals surface area contributed by atoms with Gasteiger partial charge in [-0.15, -0.1) is 0 Å². The third-order valence-corrected chi connectivity index (χ3v) is 7.07. The maximum atomic E-state index is 15.1. The summed E-state index contributed by atoms with van der Waals surface area (Å²) in [4.78, 5) is 29.9. The van der Waals surface area contributed by atoms with E-state index in [0.29, 0.717) is 5.56 Å². The first kappa shape index (κ1) is 24.8. The highest BCUT2D eigenvalue weighted by Gasteiger charge is 2.48. The SMILES string of the molecule is COC(=O)N(C1c2ccccc2-c2ccccc21)[C@H]1CN(C(=O)OC(C)(C)C)C[C@@H]1c1ccccc1F. The van der Waals surface area contributed by atoms with Crippen LogP contribution in [0.3, 0.4) is 0 Å². The summed E-state index contributed by atoms with van der Waals surface area (Å²) in [6.07, 6.45) is -1.03. The van der Waals surface area contributed by atoms with Crippen LogP contribution in [-0.2, 0) is 9.47 Å². The lowest BCUT2D eigenvalue weighted by atomic mass is 9.90. The molecule has 1 aliphatic carbocycles. The van der Waals surface area contributed by atoms with Gasteiger partial charge in [0.1, 0.15) is 11.4 Å². The Hall–Kier alpha value is -3.87. The first-order valence-corrected chi connectivity index (χ1v) is 12.5.